The van der Waals surface area contributed by atoms with E-state index in [2.05, 4.69) is 17.6 Å². The van der Waals surface area contributed by atoms with Gasteiger partial charge in [-0.05, 0) is 43.5 Å². The third-order valence-electron chi connectivity index (χ3n) is 3.42. The molecule has 4 N–H and O–H groups in total. The summed E-state index contributed by atoms with van der Waals surface area (Å²) < 4.78 is 0. The van der Waals surface area contributed by atoms with E-state index in [0.717, 1.165) is 37.8 Å². The third kappa shape index (κ3) is 7.78. The Hall–Kier alpha value is -1.88. The highest BCUT2D eigenvalue weighted by Gasteiger charge is 2.06. The van der Waals surface area contributed by atoms with Gasteiger partial charge in [0.2, 0.25) is 11.8 Å². The number of unbranched alkanes of at least 4 members (excludes halogenated alkanes) is 3. The Morgan fingerprint density at radius 3 is 2.59 bits per heavy atom. The molecule has 0 aliphatic carbocycles. The van der Waals surface area contributed by atoms with Crippen molar-refractivity contribution in [1.29, 1.82) is 0 Å². The van der Waals surface area contributed by atoms with E-state index in [9.17, 15) is 9.59 Å². The van der Waals surface area contributed by atoms with Crippen molar-refractivity contribution in [2.45, 2.75) is 45.4 Å². The lowest BCUT2D eigenvalue weighted by molar-refractivity contribution is -0.124. The van der Waals surface area contributed by atoms with Crippen molar-refractivity contribution in [2.24, 2.45) is 5.73 Å². The molecule has 1 rings (SSSR count). The molecule has 0 aliphatic heterocycles. The van der Waals surface area contributed by atoms with Crippen LogP contribution >= 0.6 is 0 Å². The molecule has 0 radical (unpaired) electrons. The molecule has 1 aromatic rings. The van der Waals surface area contributed by atoms with E-state index >= 15 is 0 Å². The Morgan fingerprint density at radius 1 is 1.09 bits per heavy atom. The van der Waals surface area contributed by atoms with Crippen molar-refractivity contribution in [3.05, 3.63) is 29.8 Å². The van der Waals surface area contributed by atoms with Crippen LogP contribution in [0.25, 0.3) is 0 Å². The lowest BCUT2D eigenvalue weighted by Crippen LogP contribution is -2.32. The van der Waals surface area contributed by atoms with Gasteiger partial charge in [0, 0.05) is 12.1 Å². The van der Waals surface area contributed by atoms with E-state index in [1.165, 1.54) is 5.56 Å². The summed E-state index contributed by atoms with van der Waals surface area (Å²) in [7, 11) is 0. The third-order valence-corrected chi connectivity index (χ3v) is 3.42. The Kier molecular flexibility index (Phi) is 8.91. The molecule has 22 heavy (non-hydrogen) atoms. The SMILES string of the molecule is CCc1cccc(NC(=O)CNC(=O)CCCCCCN)c1. The quantitative estimate of drug-likeness (QED) is 0.579. The summed E-state index contributed by atoms with van der Waals surface area (Å²) in [4.78, 5) is 23.4. The molecule has 0 atom stereocenters. The molecule has 0 aromatic heterocycles. The largest absolute Gasteiger partial charge is 0.347 e. The molecule has 2 amide bonds. The Labute approximate surface area is 132 Å². The smallest absolute Gasteiger partial charge is 0.243 e. The predicted molar refractivity (Wildman–Crippen MR) is 89.6 cm³/mol. The first kappa shape index (κ1) is 18.2. The van der Waals surface area contributed by atoms with Gasteiger partial charge in [0.05, 0.1) is 6.54 Å². The van der Waals surface area contributed by atoms with Crippen molar-refractivity contribution in [2.75, 3.05) is 18.4 Å². The number of nitrogens with two attached hydrogens (primary N) is 1. The molecule has 0 saturated carbocycles. The lowest BCUT2D eigenvalue weighted by Gasteiger charge is -2.08. The average Bonchev–Trinajstić information content (AvgIpc) is 2.53. The molecule has 1 aromatic carbocycles. The highest BCUT2D eigenvalue weighted by Crippen LogP contribution is 2.10. The van der Waals surface area contributed by atoms with Crippen molar-refractivity contribution in [1.82, 2.24) is 5.32 Å². The van der Waals surface area contributed by atoms with Gasteiger partial charge in [-0.1, -0.05) is 31.9 Å². The van der Waals surface area contributed by atoms with E-state index < -0.39 is 0 Å². The first-order valence-electron chi connectivity index (χ1n) is 8.01. The number of nitrogens with one attached hydrogen (secondary N) is 2. The maximum Gasteiger partial charge on any atom is 0.243 e. The second-order valence-electron chi connectivity index (χ2n) is 5.33. The number of carbonyl (C=O) groups excluding carboxylic acids is 2. The van der Waals surface area contributed by atoms with Crippen LogP contribution in [0.1, 0.15) is 44.6 Å². The molecule has 0 unspecified atom stereocenters. The highest BCUT2D eigenvalue weighted by molar-refractivity contribution is 5.94. The molecule has 0 saturated heterocycles. The number of amides is 2. The van der Waals surface area contributed by atoms with Crippen LogP contribution in [0.3, 0.4) is 0 Å². The van der Waals surface area contributed by atoms with E-state index in [0.29, 0.717) is 13.0 Å². The van der Waals surface area contributed by atoms with Crippen molar-refractivity contribution >= 4 is 17.5 Å². The summed E-state index contributed by atoms with van der Waals surface area (Å²) in [6, 6.07) is 7.71. The van der Waals surface area contributed by atoms with Crippen LogP contribution in [0.15, 0.2) is 24.3 Å². The normalized spacial score (nSPS) is 10.3. The standard InChI is InChI=1S/C17H27N3O2/c1-2-14-8-7-9-15(12-14)20-17(22)13-19-16(21)10-5-3-4-6-11-18/h7-9,12H,2-6,10-11,13,18H2,1H3,(H,19,21)(H,20,22). The van der Waals surface area contributed by atoms with Crippen LogP contribution < -0.4 is 16.4 Å². The van der Waals surface area contributed by atoms with Crippen LogP contribution in [0.2, 0.25) is 0 Å². The van der Waals surface area contributed by atoms with E-state index in [-0.39, 0.29) is 18.4 Å². The fourth-order valence-corrected chi connectivity index (χ4v) is 2.12. The first-order chi connectivity index (χ1) is 10.7. The zero-order valence-corrected chi connectivity index (χ0v) is 13.4. The summed E-state index contributed by atoms with van der Waals surface area (Å²) in [6.45, 7) is 2.78. The van der Waals surface area contributed by atoms with Crippen molar-refractivity contribution in [3.8, 4) is 0 Å². The molecule has 122 valence electrons. The Bertz CT molecular complexity index is 475. The summed E-state index contributed by atoms with van der Waals surface area (Å²) >= 11 is 0. The van der Waals surface area contributed by atoms with Gasteiger partial charge in [0.15, 0.2) is 0 Å². The molecule has 0 spiro atoms. The molecular formula is C17H27N3O2. The monoisotopic (exact) mass is 305 g/mol. The fourth-order valence-electron chi connectivity index (χ4n) is 2.12. The minimum Gasteiger partial charge on any atom is -0.347 e. The topological polar surface area (TPSA) is 84.2 Å². The van der Waals surface area contributed by atoms with E-state index in [4.69, 9.17) is 5.73 Å². The number of rotatable bonds is 10. The van der Waals surface area contributed by atoms with Gasteiger partial charge < -0.3 is 16.4 Å². The fraction of sp³-hybridized carbons (Fsp3) is 0.529. The van der Waals surface area contributed by atoms with Crippen LogP contribution in [-0.2, 0) is 16.0 Å². The average molecular weight is 305 g/mol. The van der Waals surface area contributed by atoms with Gasteiger partial charge >= 0.3 is 0 Å². The molecule has 0 bridgehead atoms. The minimum atomic E-state index is -0.204. The predicted octanol–water partition coefficient (Wildman–Crippen LogP) is 2.21. The van der Waals surface area contributed by atoms with Crippen LogP contribution in [0.4, 0.5) is 5.69 Å². The molecule has 0 heterocycles. The molecular weight excluding hydrogens is 278 g/mol. The zero-order valence-electron chi connectivity index (χ0n) is 13.4. The summed E-state index contributed by atoms with van der Waals surface area (Å²) in [6.07, 6.45) is 5.28. The number of carbonyl (C=O) groups is 2. The molecule has 5 nitrogen and oxygen atoms in total. The second-order valence-corrected chi connectivity index (χ2v) is 5.33. The number of aryl methyl sites for hydroxylation is 1. The van der Waals surface area contributed by atoms with Crippen LogP contribution in [-0.4, -0.2) is 24.9 Å². The first-order valence-corrected chi connectivity index (χ1v) is 8.01. The second kappa shape index (κ2) is 10.8. The van der Waals surface area contributed by atoms with Gasteiger partial charge in [-0.2, -0.15) is 0 Å². The summed E-state index contributed by atoms with van der Waals surface area (Å²) in [5, 5.41) is 5.43. The van der Waals surface area contributed by atoms with Crippen molar-refractivity contribution in [3.63, 3.8) is 0 Å². The van der Waals surface area contributed by atoms with Gasteiger partial charge in [-0.15, -0.1) is 0 Å². The van der Waals surface area contributed by atoms with Gasteiger partial charge in [-0.25, -0.2) is 0 Å². The van der Waals surface area contributed by atoms with E-state index in [1.807, 2.05) is 24.3 Å². The molecule has 0 fully saturated rings. The molecule has 5 heteroatoms. The maximum atomic E-state index is 11.8. The Balaban J connectivity index is 2.20. The number of benzene rings is 1. The maximum absolute atomic E-state index is 11.8. The number of anilines is 1. The summed E-state index contributed by atoms with van der Waals surface area (Å²) in [5.74, 6) is -0.282. The molecule has 0 aliphatic rings. The van der Waals surface area contributed by atoms with Crippen LogP contribution in [0, 0.1) is 0 Å². The number of hydrogen-bond donors (Lipinski definition) is 3. The minimum absolute atomic E-state index is 0.0119. The Morgan fingerprint density at radius 2 is 1.86 bits per heavy atom. The van der Waals surface area contributed by atoms with Crippen LogP contribution in [0.5, 0.6) is 0 Å². The lowest BCUT2D eigenvalue weighted by atomic mass is 10.1. The highest BCUT2D eigenvalue weighted by atomic mass is 16.2. The van der Waals surface area contributed by atoms with Gasteiger partial charge in [0.1, 0.15) is 0 Å². The zero-order chi connectivity index (χ0) is 16.2. The summed E-state index contributed by atoms with van der Waals surface area (Å²) in [5.41, 5.74) is 7.34. The number of hydrogen-bond acceptors (Lipinski definition) is 3. The van der Waals surface area contributed by atoms with Gasteiger partial charge in [0.25, 0.3) is 0 Å². The van der Waals surface area contributed by atoms with Gasteiger partial charge in [-0.3, -0.25) is 9.59 Å². The van der Waals surface area contributed by atoms with Crippen molar-refractivity contribution < 1.29 is 9.59 Å². The van der Waals surface area contributed by atoms with E-state index in [1.54, 1.807) is 0 Å².